The number of esters is 2. The molecule has 0 spiro atoms. The second kappa shape index (κ2) is 11.0. The number of unbranched alkanes of at least 4 members (excludes halogenated alkanes) is 3. The number of carbonyl (C=O) groups is 4. The molecule has 2 saturated heterocycles. The number of likely N-dealkylation sites (tertiary alicyclic amines) is 2. The Labute approximate surface area is 166 Å². The van der Waals surface area contributed by atoms with Crippen LogP contribution in [0.25, 0.3) is 0 Å². The summed E-state index contributed by atoms with van der Waals surface area (Å²) in [6.07, 6.45) is 6.24. The van der Waals surface area contributed by atoms with Crippen LogP contribution >= 0.6 is 0 Å². The van der Waals surface area contributed by atoms with Crippen molar-refractivity contribution in [2.45, 2.75) is 77.3 Å². The highest BCUT2D eigenvalue weighted by Crippen LogP contribution is 2.19. The van der Waals surface area contributed by atoms with Crippen LogP contribution in [0.4, 0.5) is 0 Å². The van der Waals surface area contributed by atoms with E-state index >= 15 is 0 Å². The van der Waals surface area contributed by atoms with Crippen molar-refractivity contribution in [1.29, 1.82) is 0 Å². The van der Waals surface area contributed by atoms with E-state index in [2.05, 4.69) is 0 Å². The normalized spacial score (nSPS) is 21.6. The Balaban J connectivity index is 1.51. The lowest BCUT2D eigenvalue weighted by atomic mass is 10.2. The zero-order valence-corrected chi connectivity index (χ0v) is 17.0. The van der Waals surface area contributed by atoms with Gasteiger partial charge in [-0.2, -0.15) is 0 Å². The van der Waals surface area contributed by atoms with Gasteiger partial charge in [0.15, 0.2) is 0 Å². The molecule has 2 unspecified atom stereocenters. The molecule has 2 rings (SSSR count). The van der Waals surface area contributed by atoms with Crippen molar-refractivity contribution < 1.29 is 28.7 Å². The van der Waals surface area contributed by atoms with Gasteiger partial charge in [0.1, 0.15) is 12.1 Å². The average molecular weight is 396 g/mol. The standard InChI is InChI=1S/C20H32N2O6/c1-15(23)21-11-7-9-17(21)19(25)27-13-5-3-4-6-14-28-20(26)18-10-8-12-22(18)16(2)24/h17-18H,3-14H2,1-2H3. The van der Waals surface area contributed by atoms with E-state index in [0.717, 1.165) is 38.5 Å². The highest BCUT2D eigenvalue weighted by atomic mass is 16.5. The topological polar surface area (TPSA) is 93.2 Å². The van der Waals surface area contributed by atoms with E-state index in [4.69, 9.17) is 9.47 Å². The summed E-state index contributed by atoms with van der Waals surface area (Å²) in [6, 6.07) is -0.857. The minimum Gasteiger partial charge on any atom is -0.464 e. The lowest BCUT2D eigenvalue weighted by Gasteiger charge is -2.21. The van der Waals surface area contributed by atoms with Crippen molar-refractivity contribution in [3.8, 4) is 0 Å². The number of hydrogen-bond donors (Lipinski definition) is 0. The van der Waals surface area contributed by atoms with Gasteiger partial charge in [-0.3, -0.25) is 9.59 Å². The van der Waals surface area contributed by atoms with Gasteiger partial charge in [0.2, 0.25) is 11.8 Å². The summed E-state index contributed by atoms with van der Waals surface area (Å²) in [7, 11) is 0. The molecule has 2 aliphatic heterocycles. The molecule has 2 amide bonds. The molecule has 0 saturated carbocycles. The van der Waals surface area contributed by atoms with E-state index in [1.165, 1.54) is 13.8 Å². The molecule has 158 valence electrons. The summed E-state index contributed by atoms with van der Waals surface area (Å²) in [5, 5.41) is 0. The molecule has 0 aromatic rings. The van der Waals surface area contributed by atoms with Gasteiger partial charge in [-0.25, -0.2) is 9.59 Å². The third kappa shape index (κ3) is 6.21. The molecule has 2 atom stereocenters. The maximum atomic E-state index is 12.1. The Morgan fingerprint density at radius 2 is 1.11 bits per heavy atom. The Hall–Kier alpha value is -2.12. The summed E-state index contributed by atoms with van der Waals surface area (Å²) in [5.41, 5.74) is 0. The quantitative estimate of drug-likeness (QED) is 0.435. The van der Waals surface area contributed by atoms with Crippen LogP contribution in [0.15, 0.2) is 0 Å². The molecule has 8 heteroatoms. The molecule has 2 heterocycles. The molecule has 0 radical (unpaired) electrons. The van der Waals surface area contributed by atoms with Crippen LogP contribution in [0.1, 0.15) is 65.2 Å². The first-order valence-corrected chi connectivity index (χ1v) is 10.3. The fraction of sp³-hybridized carbons (Fsp3) is 0.800. The second-order valence-corrected chi connectivity index (χ2v) is 7.49. The third-order valence-electron chi connectivity index (χ3n) is 5.39. The summed E-state index contributed by atoms with van der Waals surface area (Å²) < 4.78 is 10.6. The van der Waals surface area contributed by atoms with Crippen LogP contribution in [-0.4, -0.2) is 71.9 Å². The van der Waals surface area contributed by atoms with Gasteiger partial charge < -0.3 is 19.3 Å². The van der Waals surface area contributed by atoms with Gasteiger partial charge in [-0.1, -0.05) is 0 Å². The number of nitrogens with zero attached hydrogens (tertiary/aromatic N) is 2. The maximum absolute atomic E-state index is 12.1. The molecule has 8 nitrogen and oxygen atoms in total. The van der Waals surface area contributed by atoms with E-state index < -0.39 is 12.1 Å². The fourth-order valence-corrected chi connectivity index (χ4v) is 3.87. The monoisotopic (exact) mass is 396 g/mol. The van der Waals surface area contributed by atoms with Crippen molar-refractivity contribution >= 4 is 23.8 Å². The molecule has 0 aromatic carbocycles. The smallest absolute Gasteiger partial charge is 0.328 e. The molecule has 0 aromatic heterocycles. The van der Waals surface area contributed by atoms with Crippen LogP contribution in [0.5, 0.6) is 0 Å². The average Bonchev–Trinajstić information content (AvgIpc) is 3.32. The Kier molecular flexibility index (Phi) is 8.73. The minimum atomic E-state index is -0.429. The van der Waals surface area contributed by atoms with E-state index in [0.29, 0.717) is 39.1 Å². The van der Waals surface area contributed by atoms with Gasteiger partial charge in [0, 0.05) is 26.9 Å². The van der Waals surface area contributed by atoms with Crippen molar-refractivity contribution in [1.82, 2.24) is 9.80 Å². The van der Waals surface area contributed by atoms with Gasteiger partial charge >= 0.3 is 11.9 Å². The summed E-state index contributed by atoms with van der Waals surface area (Å²) in [4.78, 5) is 50.3. The van der Waals surface area contributed by atoms with Gasteiger partial charge in [-0.05, 0) is 51.4 Å². The van der Waals surface area contributed by atoms with E-state index in [9.17, 15) is 19.2 Å². The van der Waals surface area contributed by atoms with E-state index in [1.807, 2.05) is 0 Å². The zero-order chi connectivity index (χ0) is 20.5. The first-order chi connectivity index (χ1) is 13.4. The van der Waals surface area contributed by atoms with Gasteiger partial charge in [0.05, 0.1) is 13.2 Å². The van der Waals surface area contributed by atoms with Crippen LogP contribution in [0.2, 0.25) is 0 Å². The first kappa shape index (κ1) is 22.2. The van der Waals surface area contributed by atoms with Crippen molar-refractivity contribution in [3.63, 3.8) is 0 Å². The molecule has 2 fully saturated rings. The van der Waals surface area contributed by atoms with Crippen LogP contribution in [-0.2, 0) is 28.7 Å². The largest absolute Gasteiger partial charge is 0.464 e. The SMILES string of the molecule is CC(=O)N1CCCC1C(=O)OCCCCCCOC(=O)C1CCCN1C(C)=O. The summed E-state index contributed by atoms with van der Waals surface area (Å²) >= 11 is 0. The highest BCUT2D eigenvalue weighted by molar-refractivity contribution is 5.84. The van der Waals surface area contributed by atoms with Crippen LogP contribution in [0.3, 0.4) is 0 Å². The predicted octanol–water partition coefficient (Wildman–Crippen LogP) is 1.65. The number of amides is 2. The summed E-state index contributed by atoms with van der Waals surface area (Å²) in [5.74, 6) is -0.794. The summed E-state index contributed by atoms with van der Waals surface area (Å²) in [6.45, 7) is 4.89. The van der Waals surface area contributed by atoms with Crippen molar-refractivity contribution in [3.05, 3.63) is 0 Å². The lowest BCUT2D eigenvalue weighted by molar-refractivity contribution is -0.153. The molecule has 0 N–H and O–H groups in total. The Morgan fingerprint density at radius 3 is 1.46 bits per heavy atom. The lowest BCUT2D eigenvalue weighted by Crippen LogP contribution is -2.40. The number of ether oxygens (including phenoxy) is 2. The number of rotatable bonds is 9. The van der Waals surface area contributed by atoms with Crippen LogP contribution < -0.4 is 0 Å². The van der Waals surface area contributed by atoms with Crippen LogP contribution in [0, 0.1) is 0 Å². The molecule has 0 aliphatic carbocycles. The van der Waals surface area contributed by atoms with Crippen molar-refractivity contribution in [2.24, 2.45) is 0 Å². The molecular formula is C20H32N2O6. The fourth-order valence-electron chi connectivity index (χ4n) is 3.87. The van der Waals surface area contributed by atoms with E-state index in [1.54, 1.807) is 9.80 Å². The second-order valence-electron chi connectivity index (χ2n) is 7.49. The van der Waals surface area contributed by atoms with Gasteiger partial charge in [0.25, 0.3) is 0 Å². The predicted molar refractivity (Wildman–Crippen MR) is 101 cm³/mol. The highest BCUT2D eigenvalue weighted by Gasteiger charge is 2.34. The maximum Gasteiger partial charge on any atom is 0.328 e. The van der Waals surface area contributed by atoms with Gasteiger partial charge in [-0.15, -0.1) is 0 Å². The molecule has 28 heavy (non-hydrogen) atoms. The third-order valence-corrected chi connectivity index (χ3v) is 5.39. The molecule has 0 bridgehead atoms. The zero-order valence-electron chi connectivity index (χ0n) is 17.0. The number of hydrogen-bond acceptors (Lipinski definition) is 6. The molecule has 2 aliphatic rings. The minimum absolute atomic E-state index is 0.0852. The molecular weight excluding hydrogens is 364 g/mol. The first-order valence-electron chi connectivity index (χ1n) is 10.3. The number of carbonyl (C=O) groups excluding carboxylic acids is 4. The van der Waals surface area contributed by atoms with Crippen molar-refractivity contribution in [2.75, 3.05) is 26.3 Å². The van der Waals surface area contributed by atoms with E-state index in [-0.39, 0.29) is 23.8 Å². The Bertz CT molecular complexity index is 529. The Morgan fingerprint density at radius 1 is 0.714 bits per heavy atom.